The molecule has 2 aromatic carbocycles. The summed E-state index contributed by atoms with van der Waals surface area (Å²) >= 11 is 0. The lowest BCUT2D eigenvalue weighted by Crippen LogP contribution is -2.36. The smallest absolute Gasteiger partial charge is 0.272 e. The molecule has 1 saturated heterocycles. The molecule has 0 atom stereocenters. The SMILES string of the molecule is O=C(Nc1ccccc1C(=O)N1CCCCC1)c1cc2ccccc2c(=O)[nH]1. The molecule has 0 aliphatic carbocycles. The van der Waals surface area contributed by atoms with Gasteiger partial charge in [-0.2, -0.15) is 0 Å². The first-order chi connectivity index (χ1) is 13.6. The Morgan fingerprint density at radius 1 is 0.929 bits per heavy atom. The summed E-state index contributed by atoms with van der Waals surface area (Å²) in [6, 6.07) is 15.7. The van der Waals surface area contributed by atoms with Crippen LogP contribution in [0.5, 0.6) is 0 Å². The van der Waals surface area contributed by atoms with Crippen LogP contribution in [0, 0.1) is 0 Å². The van der Waals surface area contributed by atoms with E-state index in [1.165, 1.54) is 0 Å². The molecular formula is C22H21N3O3. The maximum absolute atomic E-state index is 12.9. The molecule has 2 N–H and O–H groups in total. The number of piperidine rings is 1. The zero-order valence-corrected chi connectivity index (χ0v) is 15.4. The number of hydrogen-bond acceptors (Lipinski definition) is 3. The van der Waals surface area contributed by atoms with E-state index in [4.69, 9.17) is 0 Å². The van der Waals surface area contributed by atoms with E-state index in [9.17, 15) is 14.4 Å². The topological polar surface area (TPSA) is 82.3 Å². The summed E-state index contributed by atoms with van der Waals surface area (Å²) in [6.45, 7) is 1.47. The van der Waals surface area contributed by atoms with Crippen molar-refractivity contribution in [1.82, 2.24) is 9.88 Å². The lowest BCUT2D eigenvalue weighted by molar-refractivity contribution is 0.0725. The summed E-state index contributed by atoms with van der Waals surface area (Å²) < 4.78 is 0. The molecule has 6 heteroatoms. The third-order valence-electron chi connectivity index (χ3n) is 5.05. The first kappa shape index (κ1) is 18.0. The van der Waals surface area contributed by atoms with E-state index in [0.717, 1.165) is 32.4 Å². The number of nitrogens with zero attached hydrogens (tertiary/aromatic N) is 1. The third-order valence-corrected chi connectivity index (χ3v) is 5.05. The molecule has 0 unspecified atom stereocenters. The Balaban J connectivity index is 1.62. The van der Waals surface area contributed by atoms with Gasteiger partial charge in [0.2, 0.25) is 0 Å². The number of benzene rings is 2. The molecule has 0 spiro atoms. The number of aromatic amines is 1. The van der Waals surface area contributed by atoms with Crippen LogP contribution in [0.25, 0.3) is 10.8 Å². The van der Waals surface area contributed by atoms with Crippen molar-refractivity contribution in [3.63, 3.8) is 0 Å². The second-order valence-electron chi connectivity index (χ2n) is 6.95. The molecular weight excluding hydrogens is 354 g/mol. The second kappa shape index (κ2) is 7.68. The molecule has 0 radical (unpaired) electrons. The molecule has 1 aliphatic heterocycles. The van der Waals surface area contributed by atoms with Gasteiger partial charge in [0.15, 0.2) is 0 Å². The Hall–Kier alpha value is -3.41. The average molecular weight is 375 g/mol. The first-order valence-corrected chi connectivity index (χ1v) is 9.45. The number of anilines is 1. The van der Waals surface area contributed by atoms with Gasteiger partial charge in [-0.15, -0.1) is 0 Å². The van der Waals surface area contributed by atoms with E-state index in [0.29, 0.717) is 22.0 Å². The number of fused-ring (bicyclic) bond motifs is 1. The number of aromatic nitrogens is 1. The molecule has 3 aromatic rings. The zero-order valence-electron chi connectivity index (χ0n) is 15.4. The van der Waals surface area contributed by atoms with Crippen molar-refractivity contribution in [1.29, 1.82) is 0 Å². The largest absolute Gasteiger partial charge is 0.339 e. The summed E-state index contributed by atoms with van der Waals surface area (Å²) in [5.74, 6) is -0.538. The highest BCUT2D eigenvalue weighted by atomic mass is 16.2. The highest BCUT2D eigenvalue weighted by Crippen LogP contribution is 2.21. The molecule has 2 amide bonds. The molecule has 0 bridgehead atoms. The Bertz CT molecular complexity index is 1100. The summed E-state index contributed by atoms with van der Waals surface area (Å²) in [4.78, 5) is 42.3. The summed E-state index contributed by atoms with van der Waals surface area (Å²) in [5, 5.41) is 4.00. The fourth-order valence-electron chi connectivity index (χ4n) is 3.57. The number of para-hydroxylation sites is 1. The summed E-state index contributed by atoms with van der Waals surface area (Å²) in [7, 11) is 0. The van der Waals surface area contributed by atoms with Crippen molar-refractivity contribution in [3.05, 3.63) is 76.2 Å². The number of likely N-dealkylation sites (tertiary alicyclic amines) is 1. The van der Waals surface area contributed by atoms with Gasteiger partial charge in [0, 0.05) is 18.5 Å². The number of amides is 2. The maximum atomic E-state index is 12.9. The standard InChI is InChI=1S/C22H21N3O3/c26-20-16-9-3-2-8-15(16)14-19(24-20)21(27)23-18-11-5-4-10-17(18)22(28)25-12-6-1-7-13-25/h2-5,8-11,14H,1,6-7,12-13H2,(H,23,27)(H,24,26). The van der Waals surface area contributed by atoms with Gasteiger partial charge in [0.25, 0.3) is 17.4 Å². The highest BCUT2D eigenvalue weighted by molar-refractivity contribution is 6.09. The number of carbonyl (C=O) groups excluding carboxylic acids is 2. The molecule has 4 rings (SSSR count). The summed E-state index contributed by atoms with van der Waals surface area (Å²) in [5.41, 5.74) is 0.739. The molecule has 6 nitrogen and oxygen atoms in total. The summed E-state index contributed by atoms with van der Waals surface area (Å²) in [6.07, 6.45) is 3.13. The van der Waals surface area contributed by atoms with E-state index >= 15 is 0 Å². The molecule has 1 aromatic heterocycles. The third kappa shape index (κ3) is 3.53. The van der Waals surface area contributed by atoms with Crippen molar-refractivity contribution in [3.8, 4) is 0 Å². The number of H-pyrrole nitrogens is 1. The minimum Gasteiger partial charge on any atom is -0.339 e. The highest BCUT2D eigenvalue weighted by Gasteiger charge is 2.21. The van der Waals surface area contributed by atoms with Crippen LogP contribution in [-0.4, -0.2) is 34.8 Å². The number of pyridine rings is 1. The van der Waals surface area contributed by atoms with E-state index in [-0.39, 0.29) is 17.2 Å². The van der Waals surface area contributed by atoms with Gasteiger partial charge in [0.05, 0.1) is 11.3 Å². The quantitative estimate of drug-likeness (QED) is 0.736. The van der Waals surface area contributed by atoms with Gasteiger partial charge in [-0.1, -0.05) is 30.3 Å². The van der Waals surface area contributed by atoms with E-state index in [2.05, 4.69) is 10.3 Å². The van der Waals surface area contributed by atoms with Crippen molar-refractivity contribution >= 4 is 28.3 Å². The Kier molecular flexibility index (Phi) is 4.93. The number of hydrogen-bond donors (Lipinski definition) is 2. The van der Waals surface area contributed by atoms with Gasteiger partial charge in [-0.25, -0.2) is 0 Å². The van der Waals surface area contributed by atoms with Crippen LogP contribution in [-0.2, 0) is 0 Å². The van der Waals surface area contributed by atoms with Crippen LogP contribution in [0.2, 0.25) is 0 Å². The van der Waals surface area contributed by atoms with Gasteiger partial charge >= 0.3 is 0 Å². The fraction of sp³-hybridized carbons (Fsp3) is 0.227. The van der Waals surface area contributed by atoms with Crippen LogP contribution in [0.3, 0.4) is 0 Å². The van der Waals surface area contributed by atoms with E-state index < -0.39 is 5.91 Å². The van der Waals surface area contributed by atoms with Gasteiger partial charge in [-0.05, 0) is 48.9 Å². The van der Waals surface area contributed by atoms with Crippen LogP contribution < -0.4 is 10.9 Å². The molecule has 1 aliphatic rings. The van der Waals surface area contributed by atoms with Crippen LogP contribution in [0.15, 0.2) is 59.4 Å². The molecule has 0 saturated carbocycles. The van der Waals surface area contributed by atoms with Crippen molar-refractivity contribution in [2.24, 2.45) is 0 Å². The fourth-order valence-corrected chi connectivity index (χ4v) is 3.57. The molecule has 28 heavy (non-hydrogen) atoms. The van der Waals surface area contributed by atoms with Crippen LogP contribution in [0.1, 0.15) is 40.1 Å². The lowest BCUT2D eigenvalue weighted by atomic mass is 10.1. The van der Waals surface area contributed by atoms with Crippen molar-refractivity contribution in [2.75, 3.05) is 18.4 Å². The van der Waals surface area contributed by atoms with E-state index in [1.807, 2.05) is 11.0 Å². The lowest BCUT2D eigenvalue weighted by Gasteiger charge is -2.27. The number of nitrogens with one attached hydrogen (secondary N) is 2. The Labute approximate surface area is 162 Å². The minimum atomic E-state index is -0.457. The van der Waals surface area contributed by atoms with Gasteiger partial charge in [-0.3, -0.25) is 14.4 Å². The van der Waals surface area contributed by atoms with Crippen LogP contribution >= 0.6 is 0 Å². The maximum Gasteiger partial charge on any atom is 0.272 e. The minimum absolute atomic E-state index is 0.0809. The Morgan fingerprint density at radius 2 is 1.64 bits per heavy atom. The normalized spacial score (nSPS) is 14.1. The molecule has 1 fully saturated rings. The van der Waals surface area contributed by atoms with Crippen molar-refractivity contribution < 1.29 is 9.59 Å². The van der Waals surface area contributed by atoms with Crippen LogP contribution in [0.4, 0.5) is 5.69 Å². The van der Waals surface area contributed by atoms with Gasteiger partial charge in [0.1, 0.15) is 5.69 Å². The first-order valence-electron chi connectivity index (χ1n) is 9.45. The monoisotopic (exact) mass is 375 g/mol. The second-order valence-corrected chi connectivity index (χ2v) is 6.95. The number of rotatable bonds is 3. The zero-order chi connectivity index (χ0) is 19.5. The molecule has 2 heterocycles. The average Bonchev–Trinajstić information content (AvgIpc) is 2.74. The van der Waals surface area contributed by atoms with Crippen molar-refractivity contribution in [2.45, 2.75) is 19.3 Å². The van der Waals surface area contributed by atoms with Gasteiger partial charge < -0.3 is 15.2 Å². The Morgan fingerprint density at radius 3 is 2.46 bits per heavy atom. The molecule has 142 valence electrons. The predicted molar refractivity (Wildman–Crippen MR) is 109 cm³/mol. The van der Waals surface area contributed by atoms with E-state index in [1.54, 1.807) is 48.5 Å². The predicted octanol–water partition coefficient (Wildman–Crippen LogP) is 3.41. The number of carbonyl (C=O) groups is 2.